The molecule has 0 atom stereocenters. The summed E-state index contributed by atoms with van der Waals surface area (Å²) in [5, 5.41) is 0.181. The first-order chi connectivity index (χ1) is 12.3. The lowest BCUT2D eigenvalue weighted by Crippen LogP contribution is -2.37. The van der Waals surface area contributed by atoms with Crippen molar-refractivity contribution in [2.24, 2.45) is 14.1 Å². The fourth-order valence-corrected chi connectivity index (χ4v) is 3.86. The summed E-state index contributed by atoms with van der Waals surface area (Å²) in [7, 11) is -0.857. The number of rotatable bonds is 5. The number of hydrogen-bond donors (Lipinski definition) is 1. The van der Waals surface area contributed by atoms with Gasteiger partial charge in [0.2, 0.25) is 10.0 Å². The molecule has 0 saturated heterocycles. The highest BCUT2D eigenvalue weighted by molar-refractivity contribution is 7.89. The molecule has 26 heavy (non-hydrogen) atoms. The van der Waals surface area contributed by atoms with Gasteiger partial charge in [-0.2, -0.15) is 0 Å². The van der Waals surface area contributed by atoms with Crippen LogP contribution in [-0.4, -0.2) is 24.1 Å². The standard InChI is InChI=1S/C18H19N3O4S/c1-20-16-9-8-14(12-15(16)17(22)21(2)18(20)23)26(24,25)19-11-10-13-6-4-3-5-7-13/h3-9,12,19H,10-11H2,1-2H3. The molecule has 1 aromatic heterocycles. The average molecular weight is 373 g/mol. The van der Waals surface area contributed by atoms with Gasteiger partial charge in [-0.3, -0.25) is 13.9 Å². The van der Waals surface area contributed by atoms with Crippen LogP contribution in [0, 0.1) is 0 Å². The lowest BCUT2D eigenvalue weighted by atomic mass is 10.2. The minimum atomic E-state index is -3.76. The number of aromatic nitrogens is 2. The number of hydrogen-bond acceptors (Lipinski definition) is 4. The van der Waals surface area contributed by atoms with Gasteiger partial charge in [0, 0.05) is 20.6 Å². The Morgan fingerprint density at radius 3 is 2.35 bits per heavy atom. The van der Waals surface area contributed by atoms with Crippen LogP contribution in [0.5, 0.6) is 0 Å². The fourth-order valence-electron chi connectivity index (χ4n) is 2.80. The van der Waals surface area contributed by atoms with Crippen LogP contribution in [0.15, 0.2) is 63.0 Å². The first-order valence-electron chi connectivity index (χ1n) is 8.04. The summed E-state index contributed by atoms with van der Waals surface area (Å²) in [6.07, 6.45) is 0.559. The first kappa shape index (κ1) is 18.1. The van der Waals surface area contributed by atoms with E-state index in [2.05, 4.69) is 4.72 Å². The van der Waals surface area contributed by atoms with E-state index in [4.69, 9.17) is 0 Å². The van der Waals surface area contributed by atoms with Gasteiger partial charge >= 0.3 is 5.69 Å². The van der Waals surface area contributed by atoms with Crippen LogP contribution in [-0.2, 0) is 30.5 Å². The van der Waals surface area contributed by atoms with Crippen molar-refractivity contribution in [1.82, 2.24) is 13.9 Å². The molecular weight excluding hydrogens is 354 g/mol. The Kier molecular flexibility index (Phi) is 4.80. The molecule has 3 rings (SSSR count). The second kappa shape index (κ2) is 6.89. The largest absolute Gasteiger partial charge is 0.330 e. The molecule has 0 fully saturated rings. The maximum absolute atomic E-state index is 12.5. The molecule has 8 heteroatoms. The third-order valence-corrected chi connectivity index (χ3v) is 5.76. The van der Waals surface area contributed by atoms with E-state index >= 15 is 0 Å². The molecule has 7 nitrogen and oxygen atoms in total. The normalized spacial score (nSPS) is 11.8. The summed E-state index contributed by atoms with van der Waals surface area (Å²) in [5.74, 6) is 0. The van der Waals surface area contributed by atoms with Crippen molar-refractivity contribution in [2.75, 3.05) is 6.54 Å². The van der Waals surface area contributed by atoms with Gasteiger partial charge in [0.25, 0.3) is 5.56 Å². The summed E-state index contributed by atoms with van der Waals surface area (Å²) in [6, 6.07) is 13.7. The molecule has 0 saturated carbocycles. The third-order valence-electron chi connectivity index (χ3n) is 4.30. The van der Waals surface area contributed by atoms with E-state index < -0.39 is 21.3 Å². The highest BCUT2D eigenvalue weighted by Gasteiger charge is 2.16. The maximum atomic E-state index is 12.5. The maximum Gasteiger partial charge on any atom is 0.330 e. The molecule has 0 aliphatic heterocycles. The van der Waals surface area contributed by atoms with E-state index in [1.165, 1.54) is 36.9 Å². The topological polar surface area (TPSA) is 90.2 Å². The van der Waals surface area contributed by atoms with Crippen molar-refractivity contribution in [3.05, 3.63) is 74.9 Å². The predicted molar refractivity (Wildman–Crippen MR) is 99.8 cm³/mol. The summed E-state index contributed by atoms with van der Waals surface area (Å²) in [6.45, 7) is 0.246. The number of nitrogens with zero attached hydrogens (tertiary/aromatic N) is 2. The molecule has 0 bridgehead atoms. The van der Waals surface area contributed by atoms with Crippen LogP contribution in [0.4, 0.5) is 0 Å². The molecule has 136 valence electrons. The van der Waals surface area contributed by atoms with Crippen LogP contribution in [0.3, 0.4) is 0 Å². The Hall–Kier alpha value is -2.71. The lowest BCUT2D eigenvalue weighted by Gasteiger charge is -2.10. The van der Waals surface area contributed by atoms with Crippen LogP contribution < -0.4 is 16.0 Å². The Morgan fingerprint density at radius 1 is 0.962 bits per heavy atom. The zero-order valence-corrected chi connectivity index (χ0v) is 15.3. The molecular formula is C18H19N3O4S. The van der Waals surface area contributed by atoms with Gasteiger partial charge in [0.05, 0.1) is 15.8 Å². The molecule has 0 aliphatic carbocycles. The summed E-state index contributed by atoms with van der Waals surface area (Å²) in [4.78, 5) is 24.3. The molecule has 1 N–H and O–H groups in total. The van der Waals surface area contributed by atoms with Crippen molar-refractivity contribution >= 4 is 20.9 Å². The first-order valence-corrected chi connectivity index (χ1v) is 9.53. The molecule has 1 heterocycles. The molecule has 0 amide bonds. The zero-order chi connectivity index (χ0) is 18.9. The van der Waals surface area contributed by atoms with Gasteiger partial charge in [-0.25, -0.2) is 17.9 Å². The second-order valence-corrected chi connectivity index (χ2v) is 7.79. The van der Waals surface area contributed by atoms with Crippen molar-refractivity contribution < 1.29 is 8.42 Å². The van der Waals surface area contributed by atoms with Crippen molar-refractivity contribution in [3.8, 4) is 0 Å². The van der Waals surface area contributed by atoms with Gasteiger partial charge < -0.3 is 0 Å². The van der Waals surface area contributed by atoms with E-state index in [1.54, 1.807) is 0 Å². The summed E-state index contributed by atoms with van der Waals surface area (Å²) in [5.41, 5.74) is 0.433. The minimum Gasteiger partial charge on any atom is -0.296 e. The molecule has 0 unspecified atom stereocenters. The summed E-state index contributed by atoms with van der Waals surface area (Å²) >= 11 is 0. The SMILES string of the molecule is Cn1c(=O)c2cc(S(=O)(=O)NCCc3ccccc3)ccc2n(C)c1=O. The minimum absolute atomic E-state index is 0.00573. The van der Waals surface area contributed by atoms with E-state index in [9.17, 15) is 18.0 Å². The van der Waals surface area contributed by atoms with Gasteiger partial charge in [0.15, 0.2) is 0 Å². The van der Waals surface area contributed by atoms with Gasteiger partial charge in [0.1, 0.15) is 0 Å². The zero-order valence-electron chi connectivity index (χ0n) is 14.5. The lowest BCUT2D eigenvalue weighted by molar-refractivity contribution is 0.581. The van der Waals surface area contributed by atoms with Crippen molar-refractivity contribution in [2.45, 2.75) is 11.3 Å². The Labute approximate surface area is 150 Å². The molecule has 0 aliphatic rings. The smallest absolute Gasteiger partial charge is 0.296 e. The Morgan fingerprint density at radius 2 is 1.65 bits per heavy atom. The highest BCUT2D eigenvalue weighted by Crippen LogP contribution is 2.15. The van der Waals surface area contributed by atoms with Crippen molar-refractivity contribution in [3.63, 3.8) is 0 Å². The summed E-state index contributed by atoms with van der Waals surface area (Å²) < 4.78 is 29.9. The van der Waals surface area contributed by atoms with E-state index in [0.717, 1.165) is 10.1 Å². The second-order valence-electron chi connectivity index (χ2n) is 6.02. The van der Waals surface area contributed by atoms with Gasteiger partial charge in [-0.15, -0.1) is 0 Å². The van der Waals surface area contributed by atoms with Crippen LogP contribution >= 0.6 is 0 Å². The molecule has 0 radical (unpaired) electrons. The predicted octanol–water partition coefficient (Wildman–Crippen LogP) is 0.758. The number of sulfonamides is 1. The number of fused-ring (bicyclic) bond motifs is 1. The number of aryl methyl sites for hydroxylation is 1. The van der Waals surface area contributed by atoms with Crippen LogP contribution in [0.2, 0.25) is 0 Å². The fraction of sp³-hybridized carbons (Fsp3) is 0.222. The monoisotopic (exact) mass is 373 g/mol. The molecule has 2 aromatic carbocycles. The van der Waals surface area contributed by atoms with Crippen LogP contribution in [0.25, 0.3) is 10.9 Å². The quantitative estimate of drug-likeness (QED) is 0.715. The van der Waals surface area contributed by atoms with E-state index in [0.29, 0.717) is 11.9 Å². The molecule has 3 aromatic rings. The van der Waals surface area contributed by atoms with Crippen LogP contribution in [0.1, 0.15) is 5.56 Å². The average Bonchev–Trinajstić information content (AvgIpc) is 2.65. The van der Waals surface area contributed by atoms with E-state index in [1.807, 2.05) is 30.3 Å². The third kappa shape index (κ3) is 3.33. The highest BCUT2D eigenvalue weighted by atomic mass is 32.2. The Balaban J connectivity index is 1.92. The Bertz CT molecular complexity index is 1180. The van der Waals surface area contributed by atoms with Crippen molar-refractivity contribution in [1.29, 1.82) is 0 Å². The van der Waals surface area contributed by atoms with Gasteiger partial charge in [-0.1, -0.05) is 30.3 Å². The number of benzene rings is 2. The number of nitrogens with one attached hydrogen (secondary N) is 1. The van der Waals surface area contributed by atoms with Gasteiger partial charge in [-0.05, 0) is 30.2 Å². The molecule has 0 spiro atoms. The van der Waals surface area contributed by atoms with E-state index in [-0.39, 0.29) is 16.8 Å².